The van der Waals surface area contributed by atoms with Crippen molar-refractivity contribution < 1.29 is 30.4 Å². The monoisotopic (exact) mass is 1210 g/mol. The largest absolute Gasteiger partial charge is 0.510 e. The molecule has 0 aliphatic carbocycles. The van der Waals surface area contributed by atoms with Crippen LogP contribution in [0.15, 0.2) is 170 Å². The van der Waals surface area contributed by atoms with Gasteiger partial charge in [-0.3, -0.25) is 4.57 Å². The van der Waals surface area contributed by atoms with Crippen molar-refractivity contribution in [2.75, 3.05) is 0 Å². The third-order valence-electron chi connectivity index (χ3n) is 15.7. The van der Waals surface area contributed by atoms with E-state index in [2.05, 4.69) is 307 Å². The van der Waals surface area contributed by atoms with Crippen LogP contribution >= 0.6 is 0 Å². The van der Waals surface area contributed by atoms with Gasteiger partial charge in [-0.1, -0.05) is 225 Å². The first-order chi connectivity index (χ1) is 36.2. The minimum Gasteiger partial charge on any atom is -0.510 e. The number of rotatable bonds is 10. The Morgan fingerprint density at radius 1 is 0.449 bits per heavy atom. The summed E-state index contributed by atoms with van der Waals surface area (Å²) in [5.74, 6) is 2.01. The predicted octanol–water partition coefficient (Wildman–Crippen LogP) is 17.9. The molecule has 0 aliphatic rings. The maximum Gasteiger partial charge on any atom is 0.267 e. The summed E-state index contributed by atoms with van der Waals surface area (Å²) in [6.07, 6.45) is 5.93. The zero-order chi connectivity index (χ0) is 55.0. The molecule has 0 N–H and O–H groups in total. The molecule has 402 valence electrons. The van der Waals surface area contributed by atoms with Crippen molar-refractivity contribution in [3.63, 3.8) is 0 Å². The van der Waals surface area contributed by atoms with Crippen molar-refractivity contribution in [2.45, 2.75) is 143 Å². The van der Waals surface area contributed by atoms with Crippen LogP contribution in [0, 0.1) is 18.5 Å². The van der Waals surface area contributed by atoms with Crippen LogP contribution in [0.3, 0.4) is 0 Å². The van der Waals surface area contributed by atoms with Crippen LogP contribution in [0.1, 0.15) is 156 Å². The van der Waals surface area contributed by atoms with E-state index in [0.717, 1.165) is 50.3 Å². The molecule has 0 fully saturated rings. The topological polar surface area (TPSA) is 35.9 Å². The summed E-state index contributed by atoms with van der Waals surface area (Å²) in [4.78, 5) is 5.04. The first kappa shape index (κ1) is 55.9. The second kappa shape index (κ2) is 20.4. The van der Waals surface area contributed by atoms with Crippen molar-refractivity contribution >= 4 is 21.8 Å². The second-order valence-electron chi connectivity index (χ2n) is 26.4. The van der Waals surface area contributed by atoms with Crippen LogP contribution in [0.5, 0.6) is 11.5 Å². The number of hydrogen-bond donors (Lipinski definition) is 0. The normalized spacial score (nSPS) is 12.8. The van der Waals surface area contributed by atoms with E-state index in [4.69, 9.17) is 9.72 Å². The number of benzene rings is 7. The molecule has 0 amide bonds. The number of imidazole rings is 1. The van der Waals surface area contributed by atoms with Gasteiger partial charge in [0.05, 0.1) is 17.1 Å². The van der Waals surface area contributed by atoms with E-state index in [9.17, 15) is 0 Å². The van der Waals surface area contributed by atoms with Gasteiger partial charge in [-0.05, 0) is 107 Å². The fourth-order valence-corrected chi connectivity index (χ4v) is 11.0. The fourth-order valence-electron chi connectivity index (χ4n) is 11.0. The van der Waals surface area contributed by atoms with Crippen molar-refractivity contribution in [1.29, 1.82) is 0 Å². The summed E-state index contributed by atoms with van der Waals surface area (Å²) in [5.41, 5.74) is 14.4. The summed E-state index contributed by atoms with van der Waals surface area (Å²) in [5, 5.41) is 2.21. The van der Waals surface area contributed by atoms with Gasteiger partial charge in [-0.15, -0.1) is 35.2 Å². The van der Waals surface area contributed by atoms with E-state index in [1.165, 1.54) is 44.6 Å². The van der Waals surface area contributed by atoms with Crippen LogP contribution in [-0.4, -0.2) is 14.1 Å². The summed E-state index contributed by atoms with van der Waals surface area (Å²) in [6.45, 7) is 36.7. The minimum atomic E-state index is -0.415. The molecule has 0 spiro atoms. The predicted molar refractivity (Wildman–Crippen MR) is 320 cm³/mol. The number of aromatic nitrogens is 4. The van der Waals surface area contributed by atoms with Crippen LogP contribution in [0.4, 0.5) is 0 Å². The maximum absolute atomic E-state index is 7.17. The summed E-state index contributed by atoms with van der Waals surface area (Å²) >= 11 is 0. The number of pyridine rings is 1. The number of ether oxygens (including phenoxy) is 1. The summed E-state index contributed by atoms with van der Waals surface area (Å²) < 4.78 is 14.0. The second-order valence-corrected chi connectivity index (χ2v) is 26.4. The van der Waals surface area contributed by atoms with E-state index in [1.807, 2.05) is 6.20 Å². The van der Waals surface area contributed by atoms with Crippen LogP contribution < -0.4 is 9.30 Å². The molecule has 7 aromatic carbocycles. The van der Waals surface area contributed by atoms with E-state index in [1.54, 1.807) is 0 Å². The zero-order valence-corrected chi connectivity index (χ0v) is 51.0. The van der Waals surface area contributed by atoms with Gasteiger partial charge < -0.3 is 13.9 Å². The molecule has 0 unspecified atom stereocenters. The molecule has 0 aliphatic heterocycles. The van der Waals surface area contributed by atoms with Gasteiger partial charge in [0, 0.05) is 49.7 Å². The molecule has 10 aromatic rings. The third kappa shape index (κ3) is 10.7. The molecule has 0 saturated heterocycles. The third-order valence-corrected chi connectivity index (χ3v) is 15.7. The Morgan fingerprint density at radius 3 is 1.64 bits per heavy atom. The summed E-state index contributed by atoms with van der Waals surface area (Å²) in [7, 11) is 0. The molecule has 6 heteroatoms. The van der Waals surface area contributed by atoms with Crippen molar-refractivity contribution in [1.82, 2.24) is 14.1 Å². The average molecular weight is 1210 g/mol. The Morgan fingerprint density at radius 2 is 1.05 bits per heavy atom. The molecule has 3 aromatic heterocycles. The SMILES string of the molecule is CC(C)(C)c1cc(-c2ccccc2)cc(-[n+]2[c-]n(-c3[c-]c(Oc4[c-]c5c(cc4)c4cc(C(C)(C)c6ccccc6)ccc4n5-c4cc(C(C)(C)C)ccn4)cc(C(C)(C)c4ccccc4)c3)c(C(C)(C)C)c2C(C)(C)C)c1.[Pt]. The summed E-state index contributed by atoms with van der Waals surface area (Å²) in [6, 6.07) is 66.9. The molecular weight excluding hydrogens is 1130 g/mol. The Balaban J connectivity index is 0.00000740. The van der Waals surface area contributed by atoms with Crippen molar-refractivity contribution in [3.05, 3.63) is 233 Å². The molecule has 10 rings (SSSR count). The minimum absolute atomic E-state index is 0. The number of nitrogens with zero attached hydrogens (tertiary/aromatic N) is 4. The molecule has 78 heavy (non-hydrogen) atoms. The van der Waals surface area contributed by atoms with E-state index in [0.29, 0.717) is 11.5 Å². The maximum atomic E-state index is 7.17. The van der Waals surface area contributed by atoms with Crippen LogP contribution in [-0.2, 0) is 53.6 Å². The number of hydrogen-bond acceptors (Lipinski definition) is 2. The Bertz CT molecular complexity index is 3800. The Hall–Kier alpha value is -6.81. The van der Waals surface area contributed by atoms with Crippen LogP contribution in [0.2, 0.25) is 0 Å². The zero-order valence-electron chi connectivity index (χ0n) is 48.7. The van der Waals surface area contributed by atoms with Crippen molar-refractivity contribution in [2.24, 2.45) is 0 Å². The van der Waals surface area contributed by atoms with Gasteiger partial charge in [0.1, 0.15) is 5.82 Å². The Labute approximate surface area is 479 Å². The molecule has 5 nitrogen and oxygen atoms in total. The van der Waals surface area contributed by atoms with Gasteiger partial charge in [0.15, 0.2) is 0 Å². The quantitative estimate of drug-likeness (QED) is 0.101. The van der Waals surface area contributed by atoms with Crippen molar-refractivity contribution in [3.8, 4) is 39.8 Å². The van der Waals surface area contributed by atoms with E-state index >= 15 is 0 Å². The smallest absolute Gasteiger partial charge is 0.267 e. The van der Waals surface area contributed by atoms with Crippen LogP contribution in [0.25, 0.3) is 50.1 Å². The molecule has 0 saturated carbocycles. The standard InChI is InChI=1S/C72H76N4O.Pt/c1-67(2,3)52-36-37-73-64(44-52)76-62-35-32-53(71(13,14)50-28-22-18-23-29-50)43-61(62)60-34-33-58(46-63(60)76)77-59-42-55(72(15,16)51-30-24-19-25-31-51)41-57(45-59)75-47-74(65(69(7,8)9)66(75)70(10,11)12)56-39-49(48-26-20-17-21-27-48)38-54(40-56)68(4,5)6;/h17-44H,1-16H3;/q-2;. The van der Waals surface area contributed by atoms with E-state index in [-0.39, 0.29) is 48.1 Å². The van der Waals surface area contributed by atoms with E-state index < -0.39 is 5.41 Å². The first-order valence-corrected chi connectivity index (χ1v) is 27.4. The fraction of sp³-hybridized carbons (Fsp3) is 0.306. The van der Waals surface area contributed by atoms with Gasteiger partial charge in [-0.25, -0.2) is 4.98 Å². The molecule has 0 bridgehead atoms. The number of fused-ring (bicyclic) bond motifs is 3. The average Bonchev–Trinajstić information content (AvgIpc) is 4.20. The van der Waals surface area contributed by atoms with Gasteiger partial charge in [0.25, 0.3) is 6.33 Å². The van der Waals surface area contributed by atoms with Gasteiger partial charge >= 0.3 is 0 Å². The molecular formula is C72H76N4OPt-2. The molecule has 0 atom stereocenters. The molecule has 3 heterocycles. The first-order valence-electron chi connectivity index (χ1n) is 27.4. The van der Waals surface area contributed by atoms with Gasteiger partial charge in [-0.2, -0.15) is 12.1 Å². The Kier molecular flexibility index (Phi) is 14.7. The van der Waals surface area contributed by atoms with Gasteiger partial charge in [0.2, 0.25) is 0 Å². The molecule has 0 radical (unpaired) electrons.